The molecular formula is C26H36ClN3O6S. The van der Waals surface area contributed by atoms with Gasteiger partial charge in [0, 0.05) is 12.1 Å². The summed E-state index contributed by atoms with van der Waals surface area (Å²) in [6, 6.07) is 10.8. The quantitative estimate of drug-likeness (QED) is 0.453. The highest BCUT2D eigenvalue weighted by Crippen LogP contribution is 2.30. The molecule has 2 aromatic rings. The SMILES string of the molecule is CC[C@@H](C(=O)NC(C)(C)C)N(Cc1cccc(OC)c1)C(=O)CN(c1ccc(OC)c(Cl)c1)S(C)(=O)=O. The molecule has 0 spiro atoms. The fourth-order valence-electron chi connectivity index (χ4n) is 3.76. The number of carbonyl (C=O) groups is 2. The average molecular weight is 554 g/mol. The van der Waals surface area contributed by atoms with Crippen molar-refractivity contribution in [2.45, 2.75) is 52.2 Å². The van der Waals surface area contributed by atoms with Crippen LogP contribution in [-0.2, 0) is 26.2 Å². The summed E-state index contributed by atoms with van der Waals surface area (Å²) in [5, 5.41) is 3.13. The van der Waals surface area contributed by atoms with Gasteiger partial charge in [-0.2, -0.15) is 0 Å². The number of methoxy groups -OCH3 is 2. The second-order valence-corrected chi connectivity index (χ2v) is 11.9. The van der Waals surface area contributed by atoms with Crippen molar-refractivity contribution in [3.8, 4) is 11.5 Å². The first-order valence-corrected chi connectivity index (χ1v) is 14.0. The highest BCUT2D eigenvalue weighted by Gasteiger charge is 2.33. The Bertz CT molecular complexity index is 1210. The molecule has 0 aliphatic heterocycles. The van der Waals surface area contributed by atoms with E-state index in [0.29, 0.717) is 17.9 Å². The van der Waals surface area contributed by atoms with Gasteiger partial charge in [0.25, 0.3) is 0 Å². The van der Waals surface area contributed by atoms with Crippen LogP contribution in [0.5, 0.6) is 11.5 Å². The smallest absolute Gasteiger partial charge is 0.244 e. The van der Waals surface area contributed by atoms with Gasteiger partial charge in [0.2, 0.25) is 21.8 Å². The van der Waals surface area contributed by atoms with Gasteiger partial charge in [0.15, 0.2) is 0 Å². The maximum Gasteiger partial charge on any atom is 0.244 e. The number of anilines is 1. The third-order valence-corrected chi connectivity index (χ3v) is 6.91. The van der Waals surface area contributed by atoms with Crippen molar-refractivity contribution in [3.63, 3.8) is 0 Å². The number of ether oxygens (including phenoxy) is 2. The van der Waals surface area contributed by atoms with E-state index in [1.165, 1.54) is 37.3 Å². The zero-order chi connectivity index (χ0) is 28.0. The Labute approximate surface area is 224 Å². The van der Waals surface area contributed by atoms with Crippen molar-refractivity contribution in [2.24, 2.45) is 0 Å². The molecule has 11 heteroatoms. The molecule has 9 nitrogen and oxygen atoms in total. The zero-order valence-electron chi connectivity index (χ0n) is 22.4. The van der Waals surface area contributed by atoms with E-state index >= 15 is 0 Å². The minimum Gasteiger partial charge on any atom is -0.497 e. The minimum atomic E-state index is -3.88. The number of hydrogen-bond acceptors (Lipinski definition) is 6. The fourth-order valence-corrected chi connectivity index (χ4v) is 4.86. The van der Waals surface area contributed by atoms with Crippen LogP contribution >= 0.6 is 11.6 Å². The molecule has 0 aliphatic rings. The molecule has 204 valence electrons. The molecule has 0 aliphatic carbocycles. The van der Waals surface area contributed by atoms with Crippen LogP contribution < -0.4 is 19.1 Å². The van der Waals surface area contributed by atoms with Crippen molar-refractivity contribution < 1.29 is 27.5 Å². The first-order valence-electron chi connectivity index (χ1n) is 11.8. The van der Waals surface area contributed by atoms with Crippen LogP contribution in [0.2, 0.25) is 5.02 Å². The Morgan fingerprint density at radius 3 is 2.27 bits per heavy atom. The number of amides is 2. The molecule has 2 aromatic carbocycles. The number of rotatable bonds is 11. The molecule has 0 unspecified atom stereocenters. The lowest BCUT2D eigenvalue weighted by Gasteiger charge is -2.34. The van der Waals surface area contributed by atoms with Crippen LogP contribution in [0, 0.1) is 0 Å². The number of sulfonamides is 1. The van der Waals surface area contributed by atoms with E-state index in [2.05, 4.69) is 5.32 Å². The van der Waals surface area contributed by atoms with Gasteiger partial charge in [-0.25, -0.2) is 8.42 Å². The predicted molar refractivity (Wildman–Crippen MR) is 146 cm³/mol. The summed E-state index contributed by atoms with van der Waals surface area (Å²) in [6.45, 7) is 6.91. The molecule has 2 amide bonds. The average Bonchev–Trinajstić information content (AvgIpc) is 2.80. The lowest BCUT2D eigenvalue weighted by molar-refractivity contribution is -0.141. The Morgan fingerprint density at radius 1 is 1.08 bits per heavy atom. The highest BCUT2D eigenvalue weighted by atomic mass is 35.5. The normalized spacial score (nSPS) is 12.4. The van der Waals surface area contributed by atoms with Crippen molar-refractivity contribution in [1.29, 1.82) is 0 Å². The van der Waals surface area contributed by atoms with Crippen LogP contribution in [0.25, 0.3) is 0 Å². The standard InChI is InChI=1S/C26H36ClN3O6S/c1-8-22(25(32)28-26(2,3)4)29(16-18-10-9-11-20(14-18)35-5)24(31)17-30(37(7,33)34)19-12-13-23(36-6)21(27)15-19/h9-15,22H,8,16-17H2,1-7H3,(H,28,32)/t22-/m0/s1. The van der Waals surface area contributed by atoms with Gasteiger partial charge in [0.05, 0.1) is 31.2 Å². The highest BCUT2D eigenvalue weighted by molar-refractivity contribution is 7.92. The Kier molecular flexibility index (Phi) is 10.2. The van der Waals surface area contributed by atoms with Crippen LogP contribution in [0.4, 0.5) is 5.69 Å². The predicted octanol–water partition coefficient (Wildman–Crippen LogP) is 3.85. The lowest BCUT2D eigenvalue weighted by atomic mass is 10.1. The van der Waals surface area contributed by atoms with Crippen molar-refractivity contribution in [1.82, 2.24) is 10.2 Å². The summed E-state index contributed by atoms with van der Waals surface area (Å²) in [4.78, 5) is 28.4. The van der Waals surface area contributed by atoms with E-state index in [1.807, 2.05) is 26.8 Å². The number of halogens is 1. The minimum absolute atomic E-state index is 0.0765. The summed E-state index contributed by atoms with van der Waals surface area (Å²) in [5.74, 6) is 0.0956. The molecule has 0 radical (unpaired) electrons. The van der Waals surface area contributed by atoms with Gasteiger partial charge in [0.1, 0.15) is 24.1 Å². The fraction of sp³-hybridized carbons (Fsp3) is 0.462. The number of nitrogens with zero attached hydrogens (tertiary/aromatic N) is 2. The largest absolute Gasteiger partial charge is 0.497 e. The molecule has 0 aromatic heterocycles. The molecule has 1 N–H and O–H groups in total. The van der Waals surface area contributed by atoms with Crippen LogP contribution in [0.3, 0.4) is 0 Å². The van der Waals surface area contributed by atoms with E-state index in [0.717, 1.165) is 16.1 Å². The Morgan fingerprint density at radius 2 is 1.76 bits per heavy atom. The van der Waals surface area contributed by atoms with Crippen molar-refractivity contribution >= 4 is 39.1 Å². The second kappa shape index (κ2) is 12.5. The number of benzene rings is 2. The maximum atomic E-state index is 13.8. The van der Waals surface area contributed by atoms with E-state index in [1.54, 1.807) is 25.1 Å². The van der Waals surface area contributed by atoms with Gasteiger partial charge < -0.3 is 19.7 Å². The van der Waals surface area contributed by atoms with Crippen molar-refractivity contribution in [2.75, 3.05) is 31.3 Å². The van der Waals surface area contributed by atoms with Gasteiger partial charge >= 0.3 is 0 Å². The summed E-state index contributed by atoms with van der Waals surface area (Å²) in [6.07, 6.45) is 1.33. The topological polar surface area (TPSA) is 105 Å². The van der Waals surface area contributed by atoms with Crippen LogP contribution in [0.1, 0.15) is 39.7 Å². The lowest BCUT2D eigenvalue weighted by Crippen LogP contribution is -2.55. The van der Waals surface area contributed by atoms with E-state index in [4.69, 9.17) is 21.1 Å². The third-order valence-electron chi connectivity index (χ3n) is 5.47. The molecule has 1 atom stereocenters. The molecule has 0 fully saturated rings. The Balaban J connectivity index is 2.50. The summed E-state index contributed by atoms with van der Waals surface area (Å²) >= 11 is 6.23. The summed E-state index contributed by atoms with van der Waals surface area (Å²) in [5.41, 5.74) is 0.414. The zero-order valence-corrected chi connectivity index (χ0v) is 23.9. The molecule has 37 heavy (non-hydrogen) atoms. The number of nitrogens with one attached hydrogen (secondary N) is 1. The van der Waals surface area contributed by atoms with Gasteiger partial charge in [-0.05, 0) is 63.1 Å². The van der Waals surface area contributed by atoms with Crippen LogP contribution in [0.15, 0.2) is 42.5 Å². The van der Waals surface area contributed by atoms with E-state index < -0.39 is 34.1 Å². The van der Waals surface area contributed by atoms with E-state index in [-0.39, 0.29) is 23.2 Å². The third kappa shape index (κ3) is 8.53. The molecular weight excluding hydrogens is 518 g/mol. The molecule has 0 bridgehead atoms. The monoisotopic (exact) mass is 553 g/mol. The number of hydrogen-bond donors (Lipinski definition) is 1. The van der Waals surface area contributed by atoms with Gasteiger partial charge in [-0.3, -0.25) is 13.9 Å². The van der Waals surface area contributed by atoms with Crippen LogP contribution in [-0.4, -0.2) is 63.7 Å². The first kappa shape index (κ1) is 30.2. The Hall–Kier alpha value is -2.98. The number of carbonyl (C=O) groups excluding carboxylic acids is 2. The van der Waals surface area contributed by atoms with E-state index in [9.17, 15) is 18.0 Å². The van der Waals surface area contributed by atoms with Gasteiger partial charge in [-0.15, -0.1) is 0 Å². The molecule has 2 rings (SSSR count). The summed E-state index contributed by atoms with van der Waals surface area (Å²) < 4.78 is 36.9. The maximum absolute atomic E-state index is 13.8. The second-order valence-electron chi connectivity index (χ2n) is 9.62. The molecule has 0 saturated heterocycles. The van der Waals surface area contributed by atoms with Gasteiger partial charge in [-0.1, -0.05) is 30.7 Å². The molecule has 0 saturated carbocycles. The first-order chi connectivity index (χ1) is 17.2. The molecule has 0 heterocycles. The summed E-state index contributed by atoms with van der Waals surface area (Å²) in [7, 11) is -0.896. The van der Waals surface area contributed by atoms with Crippen molar-refractivity contribution in [3.05, 3.63) is 53.1 Å².